The number of carbonyl (C=O) groups is 2. The quantitative estimate of drug-likeness (QED) is 0.715. The van der Waals surface area contributed by atoms with Crippen molar-refractivity contribution in [1.29, 1.82) is 0 Å². The Morgan fingerprint density at radius 1 is 0.970 bits per heavy atom. The van der Waals surface area contributed by atoms with Crippen LogP contribution >= 0.6 is 0 Å². The minimum absolute atomic E-state index is 0.0804. The van der Waals surface area contributed by atoms with Crippen LogP contribution in [0.15, 0.2) is 6.33 Å². The fourth-order valence-electron chi connectivity index (χ4n) is 7.77. The van der Waals surface area contributed by atoms with E-state index in [0.717, 1.165) is 54.0 Å². The van der Waals surface area contributed by atoms with Gasteiger partial charge in [0.15, 0.2) is 0 Å². The van der Waals surface area contributed by atoms with Crippen molar-refractivity contribution in [2.45, 2.75) is 65.2 Å². The van der Waals surface area contributed by atoms with Gasteiger partial charge in [0.2, 0.25) is 11.8 Å². The van der Waals surface area contributed by atoms with Crippen LogP contribution < -0.4 is 0 Å². The summed E-state index contributed by atoms with van der Waals surface area (Å²) in [6.45, 7) is 6.62. The standard InChI is InChI=1S/C25H34N6O2/c1-16-21(17(2)31-24(28-16)26-15-27-31)3-4-22(32)29-5-7-30(8-6-29)23(33)25-12-18-9-19(13-25)11-20(10-18)14-25/h15,18-20H,3-14H2,1-2H3. The monoisotopic (exact) mass is 450 g/mol. The first-order valence-corrected chi connectivity index (χ1v) is 12.6. The first-order chi connectivity index (χ1) is 15.9. The van der Waals surface area contributed by atoms with Gasteiger partial charge in [-0.3, -0.25) is 9.59 Å². The number of hydrogen-bond acceptors (Lipinski definition) is 5. The molecule has 5 aliphatic rings. The lowest BCUT2D eigenvalue weighted by Gasteiger charge is -2.57. The molecule has 0 spiro atoms. The van der Waals surface area contributed by atoms with Crippen molar-refractivity contribution in [3.8, 4) is 0 Å². The molecule has 0 atom stereocenters. The van der Waals surface area contributed by atoms with E-state index in [9.17, 15) is 9.59 Å². The largest absolute Gasteiger partial charge is 0.339 e. The summed E-state index contributed by atoms with van der Waals surface area (Å²) in [5, 5.41) is 4.24. The predicted octanol–water partition coefficient (Wildman–Crippen LogP) is 2.56. The van der Waals surface area contributed by atoms with E-state index in [-0.39, 0.29) is 11.3 Å². The summed E-state index contributed by atoms with van der Waals surface area (Å²) in [6.07, 6.45) is 10.00. The van der Waals surface area contributed by atoms with Crippen LogP contribution in [0.3, 0.4) is 0 Å². The summed E-state index contributed by atoms with van der Waals surface area (Å²) < 4.78 is 1.74. The minimum Gasteiger partial charge on any atom is -0.339 e. The summed E-state index contributed by atoms with van der Waals surface area (Å²) >= 11 is 0. The van der Waals surface area contributed by atoms with Crippen LogP contribution in [0.2, 0.25) is 0 Å². The number of carbonyl (C=O) groups excluding carboxylic acids is 2. The van der Waals surface area contributed by atoms with Crippen molar-refractivity contribution in [3.05, 3.63) is 23.3 Å². The Hall–Kier alpha value is -2.51. The lowest BCUT2D eigenvalue weighted by Crippen LogP contribution is -2.58. The van der Waals surface area contributed by atoms with E-state index in [0.29, 0.717) is 50.7 Å². The lowest BCUT2D eigenvalue weighted by atomic mass is 9.49. The molecule has 3 heterocycles. The molecule has 0 N–H and O–H groups in total. The van der Waals surface area contributed by atoms with E-state index < -0.39 is 0 Å². The first kappa shape index (κ1) is 21.1. The second kappa shape index (κ2) is 7.77. The van der Waals surface area contributed by atoms with E-state index in [4.69, 9.17) is 0 Å². The van der Waals surface area contributed by atoms with Crippen LogP contribution in [0.5, 0.6) is 0 Å². The third-order valence-electron chi connectivity index (χ3n) is 8.99. The van der Waals surface area contributed by atoms with Crippen LogP contribution in [0.1, 0.15) is 61.9 Å². The van der Waals surface area contributed by atoms with Crippen molar-refractivity contribution in [2.24, 2.45) is 23.2 Å². The molecule has 1 saturated heterocycles. The molecule has 2 amide bonds. The summed E-state index contributed by atoms with van der Waals surface area (Å²) in [4.78, 5) is 39.3. The fourth-order valence-corrected chi connectivity index (χ4v) is 7.77. The second-order valence-corrected chi connectivity index (χ2v) is 11.1. The number of fused-ring (bicyclic) bond motifs is 1. The molecule has 33 heavy (non-hydrogen) atoms. The van der Waals surface area contributed by atoms with Gasteiger partial charge in [-0.1, -0.05) is 0 Å². The third kappa shape index (κ3) is 3.53. The van der Waals surface area contributed by atoms with Crippen molar-refractivity contribution >= 4 is 17.6 Å². The van der Waals surface area contributed by atoms with Crippen molar-refractivity contribution in [3.63, 3.8) is 0 Å². The summed E-state index contributed by atoms with van der Waals surface area (Å²) in [6, 6.07) is 0. The van der Waals surface area contributed by atoms with E-state index >= 15 is 0 Å². The molecule has 0 radical (unpaired) electrons. The van der Waals surface area contributed by atoms with Crippen LogP contribution in [-0.2, 0) is 16.0 Å². The summed E-state index contributed by atoms with van der Waals surface area (Å²) in [5.74, 6) is 3.49. The zero-order valence-corrected chi connectivity index (χ0v) is 19.8. The maximum Gasteiger partial charge on any atom is 0.252 e. The molecule has 2 aromatic heterocycles. The van der Waals surface area contributed by atoms with Gasteiger partial charge >= 0.3 is 0 Å². The average Bonchev–Trinajstić information content (AvgIpc) is 3.26. The Balaban J connectivity index is 1.06. The molecule has 8 nitrogen and oxygen atoms in total. The first-order valence-electron chi connectivity index (χ1n) is 12.6. The number of rotatable bonds is 4. The highest BCUT2D eigenvalue weighted by molar-refractivity contribution is 5.84. The second-order valence-electron chi connectivity index (χ2n) is 11.1. The predicted molar refractivity (Wildman–Crippen MR) is 122 cm³/mol. The topological polar surface area (TPSA) is 83.7 Å². The van der Waals surface area contributed by atoms with Crippen LogP contribution in [0.25, 0.3) is 5.78 Å². The van der Waals surface area contributed by atoms with Gasteiger partial charge in [0.25, 0.3) is 5.78 Å². The Morgan fingerprint density at radius 3 is 2.21 bits per heavy atom. The van der Waals surface area contributed by atoms with Gasteiger partial charge in [-0.2, -0.15) is 10.1 Å². The Morgan fingerprint density at radius 2 is 1.58 bits per heavy atom. The van der Waals surface area contributed by atoms with Crippen molar-refractivity contribution < 1.29 is 9.59 Å². The highest BCUT2D eigenvalue weighted by Crippen LogP contribution is 2.60. The molecule has 1 aliphatic heterocycles. The normalized spacial score (nSPS) is 30.9. The van der Waals surface area contributed by atoms with Gasteiger partial charge in [0.1, 0.15) is 6.33 Å². The molecule has 8 heteroatoms. The number of hydrogen-bond donors (Lipinski definition) is 0. The van der Waals surface area contributed by atoms with E-state index in [1.807, 2.05) is 18.7 Å². The van der Waals surface area contributed by atoms with Gasteiger partial charge in [-0.25, -0.2) is 9.50 Å². The Kier molecular flexibility index (Phi) is 4.96. The maximum atomic E-state index is 13.6. The number of aryl methyl sites for hydroxylation is 2. The smallest absolute Gasteiger partial charge is 0.252 e. The zero-order chi connectivity index (χ0) is 22.7. The highest BCUT2D eigenvalue weighted by Gasteiger charge is 2.55. The summed E-state index contributed by atoms with van der Waals surface area (Å²) in [5.41, 5.74) is 2.89. The SMILES string of the molecule is Cc1nc2ncnn2c(C)c1CCC(=O)N1CCN(C(=O)C23CC4CC(CC(C4)C2)C3)CC1. The molecule has 176 valence electrons. The summed E-state index contributed by atoms with van der Waals surface area (Å²) in [7, 11) is 0. The number of nitrogens with zero attached hydrogens (tertiary/aromatic N) is 6. The molecule has 0 aromatic carbocycles. The molecular weight excluding hydrogens is 416 g/mol. The van der Waals surface area contributed by atoms with Crippen LogP contribution in [0.4, 0.5) is 0 Å². The van der Waals surface area contributed by atoms with Gasteiger partial charge in [0.05, 0.1) is 5.41 Å². The lowest BCUT2D eigenvalue weighted by molar-refractivity contribution is -0.160. The molecular formula is C25H34N6O2. The molecule has 4 aliphatic carbocycles. The Bertz CT molecular complexity index is 1060. The van der Waals surface area contributed by atoms with Crippen LogP contribution in [0, 0.1) is 37.0 Å². The van der Waals surface area contributed by atoms with Crippen LogP contribution in [-0.4, -0.2) is 67.4 Å². The highest BCUT2D eigenvalue weighted by atomic mass is 16.2. The number of aromatic nitrogens is 4. The van der Waals surface area contributed by atoms with Crippen molar-refractivity contribution in [1.82, 2.24) is 29.4 Å². The van der Waals surface area contributed by atoms with Gasteiger partial charge in [-0.15, -0.1) is 0 Å². The van der Waals surface area contributed by atoms with E-state index in [1.54, 1.807) is 4.52 Å². The molecule has 4 saturated carbocycles. The Labute approximate surface area is 194 Å². The maximum absolute atomic E-state index is 13.6. The molecule has 5 fully saturated rings. The van der Waals surface area contributed by atoms with Gasteiger partial charge < -0.3 is 9.80 Å². The minimum atomic E-state index is -0.0804. The fraction of sp³-hybridized carbons (Fsp3) is 0.720. The van der Waals surface area contributed by atoms with E-state index in [2.05, 4.69) is 20.0 Å². The van der Waals surface area contributed by atoms with Gasteiger partial charge in [-0.05, 0) is 82.1 Å². The molecule has 4 bridgehead atoms. The van der Waals surface area contributed by atoms with Gasteiger partial charge in [0, 0.05) is 44.0 Å². The number of piperazine rings is 1. The van der Waals surface area contributed by atoms with E-state index in [1.165, 1.54) is 25.6 Å². The third-order valence-corrected chi connectivity index (χ3v) is 8.99. The average molecular weight is 451 g/mol. The zero-order valence-electron chi connectivity index (χ0n) is 19.8. The molecule has 0 unspecified atom stereocenters. The molecule has 7 rings (SSSR count). The molecule has 2 aromatic rings. The van der Waals surface area contributed by atoms with Crippen molar-refractivity contribution in [2.75, 3.05) is 26.2 Å². The number of amides is 2.